The summed E-state index contributed by atoms with van der Waals surface area (Å²) in [7, 11) is 1.51. The van der Waals surface area contributed by atoms with Crippen molar-refractivity contribution < 1.29 is 14.4 Å². The second-order valence-electron chi connectivity index (χ2n) is 8.41. The predicted octanol–water partition coefficient (Wildman–Crippen LogP) is 5.47. The summed E-state index contributed by atoms with van der Waals surface area (Å²) in [5, 5.41) is 10.1. The molecule has 2 N–H and O–H groups in total. The molecule has 2 amide bonds. The smallest absolute Gasteiger partial charge is 0.223 e. The third kappa shape index (κ3) is 11.9. The Morgan fingerprint density at radius 2 is 1.51 bits per heavy atom. The quantitative estimate of drug-likeness (QED) is 0.146. The number of carbonyl (C=O) groups excluding carboxylic acids is 2. The minimum absolute atomic E-state index is 0.442. The van der Waals surface area contributed by atoms with E-state index < -0.39 is 19.9 Å². The Balaban J connectivity index is 0.000000289. The van der Waals surface area contributed by atoms with Crippen LogP contribution in [-0.4, -0.2) is 86.5 Å². The van der Waals surface area contributed by atoms with Crippen molar-refractivity contribution in [2.75, 3.05) is 33.3 Å². The first kappa shape index (κ1) is 36.2. The number of amides is 2. The highest BCUT2D eigenvalue weighted by Crippen LogP contribution is 2.35. The van der Waals surface area contributed by atoms with Crippen LogP contribution in [0.25, 0.3) is 0 Å². The average molecular weight is 730 g/mol. The van der Waals surface area contributed by atoms with Gasteiger partial charge in [-0.3, -0.25) is 24.4 Å². The van der Waals surface area contributed by atoms with Crippen LogP contribution in [0.5, 0.6) is 0 Å². The molecule has 0 saturated carbocycles. The number of benzene rings is 1. The molecule has 41 heavy (non-hydrogen) atoms. The van der Waals surface area contributed by atoms with Gasteiger partial charge in [-0.2, -0.15) is 0 Å². The number of nitrogens with one attached hydrogen (secondary N) is 2. The number of oxime groups is 1. The zero-order valence-electron chi connectivity index (χ0n) is 21.4. The first-order valence-corrected chi connectivity index (χ1v) is 14.8. The fourth-order valence-electron chi connectivity index (χ4n) is 3.90. The maximum atomic E-state index is 10.7. The van der Waals surface area contributed by atoms with Gasteiger partial charge in [0.1, 0.15) is 19.4 Å². The molecule has 3 rings (SSSR count). The van der Waals surface area contributed by atoms with Gasteiger partial charge in [-0.1, -0.05) is 110 Å². The van der Waals surface area contributed by atoms with Crippen molar-refractivity contribution in [3.8, 4) is 0 Å². The average Bonchev–Trinajstić information content (AvgIpc) is 2.90. The van der Waals surface area contributed by atoms with Gasteiger partial charge in [0.15, 0.2) is 0 Å². The van der Waals surface area contributed by atoms with E-state index in [1.54, 1.807) is 34.3 Å². The van der Waals surface area contributed by atoms with Crippen LogP contribution in [0.3, 0.4) is 0 Å². The van der Waals surface area contributed by atoms with E-state index in [2.05, 4.69) is 20.8 Å². The van der Waals surface area contributed by atoms with Crippen molar-refractivity contribution in [2.24, 2.45) is 5.16 Å². The van der Waals surface area contributed by atoms with Gasteiger partial charge >= 0.3 is 0 Å². The third-order valence-electron chi connectivity index (χ3n) is 5.69. The molecule has 1 aliphatic rings. The fourth-order valence-corrected chi connectivity index (χ4v) is 5.63. The van der Waals surface area contributed by atoms with Gasteiger partial charge in [0.25, 0.3) is 0 Å². The lowest BCUT2D eigenvalue weighted by Gasteiger charge is -2.44. The van der Waals surface area contributed by atoms with Gasteiger partial charge in [0.2, 0.25) is 20.4 Å². The number of halogens is 8. The maximum absolute atomic E-state index is 10.7. The van der Waals surface area contributed by atoms with Crippen molar-refractivity contribution in [1.82, 2.24) is 25.4 Å². The molecule has 1 aromatic heterocycles. The Morgan fingerprint density at radius 1 is 0.976 bits per heavy atom. The molecule has 9 nitrogen and oxygen atoms in total. The summed E-state index contributed by atoms with van der Waals surface area (Å²) < 4.78 is -3.36. The van der Waals surface area contributed by atoms with Crippen molar-refractivity contribution in [1.29, 1.82) is 0 Å². The van der Waals surface area contributed by atoms with E-state index in [4.69, 9.17) is 97.6 Å². The van der Waals surface area contributed by atoms with Crippen molar-refractivity contribution in [3.05, 3.63) is 63.9 Å². The number of hydrogen-bond donors (Lipinski definition) is 2. The van der Waals surface area contributed by atoms with Crippen LogP contribution >= 0.6 is 92.8 Å². The van der Waals surface area contributed by atoms with E-state index in [9.17, 15) is 9.59 Å². The van der Waals surface area contributed by atoms with E-state index in [0.29, 0.717) is 55.5 Å². The van der Waals surface area contributed by atoms with E-state index in [1.165, 1.54) is 7.11 Å². The van der Waals surface area contributed by atoms with E-state index in [1.807, 2.05) is 18.2 Å². The molecule has 226 valence electrons. The second kappa shape index (κ2) is 17.3. The fraction of sp³-hybridized carbons (Fsp3) is 0.417. The highest BCUT2D eigenvalue weighted by molar-refractivity contribution is 6.68. The van der Waals surface area contributed by atoms with Gasteiger partial charge in [-0.05, 0) is 23.8 Å². The van der Waals surface area contributed by atoms with Crippen LogP contribution in [0, 0.1) is 0 Å². The molecule has 1 aromatic carbocycles. The predicted molar refractivity (Wildman–Crippen MR) is 168 cm³/mol. The molecule has 17 heteroatoms. The molecule has 1 fully saturated rings. The lowest BCUT2D eigenvalue weighted by Crippen LogP contribution is -2.63. The molecule has 2 aromatic rings. The summed E-state index contributed by atoms with van der Waals surface area (Å²) in [6, 6.07) is 9.15. The number of piperazine rings is 1. The first-order chi connectivity index (χ1) is 19.3. The molecule has 0 bridgehead atoms. The number of carbonyl (C=O) groups is 2. The zero-order valence-corrected chi connectivity index (χ0v) is 27.5. The number of alkyl halides is 6. The Labute approximate surface area is 278 Å². The van der Waals surface area contributed by atoms with Crippen LogP contribution in [0.1, 0.15) is 11.1 Å². The number of aromatic nitrogens is 1. The highest BCUT2D eigenvalue weighted by Gasteiger charge is 2.42. The Bertz CT molecular complexity index is 1110. The van der Waals surface area contributed by atoms with Crippen molar-refractivity contribution >= 4 is 111 Å². The number of rotatable bonds is 10. The van der Waals surface area contributed by atoms with Gasteiger partial charge in [-0.15, -0.1) is 0 Å². The zero-order chi connectivity index (χ0) is 30.6. The summed E-state index contributed by atoms with van der Waals surface area (Å²) in [5.74, 6) is 0. The number of pyridine rings is 1. The normalized spacial score (nSPS) is 16.6. The molecule has 1 saturated heterocycles. The molecule has 2 unspecified atom stereocenters. The summed E-state index contributed by atoms with van der Waals surface area (Å²) in [5.41, 5.74) is 2.57. The van der Waals surface area contributed by atoms with Crippen molar-refractivity contribution in [2.45, 2.75) is 26.3 Å². The van der Waals surface area contributed by atoms with E-state index in [0.717, 1.165) is 16.8 Å². The minimum atomic E-state index is -1.68. The minimum Gasteiger partial charge on any atom is -0.399 e. The lowest BCUT2D eigenvalue weighted by atomic mass is 10.0. The van der Waals surface area contributed by atoms with Crippen LogP contribution in [0.4, 0.5) is 0 Å². The second-order valence-corrected chi connectivity index (χ2v) is 14.0. The SMILES string of the molecule is CON=C(Cc1cccnc1)c1ccc(Cl)cc1Cl.O=CNC(N1CCN(C(NC=O)C(Cl)(Cl)Cl)CC1)C(Cl)(Cl)Cl. The number of nitrogens with zero attached hydrogens (tertiary/aromatic N) is 4. The third-order valence-corrected chi connectivity index (χ3v) is 7.48. The molecule has 1 aliphatic heterocycles. The van der Waals surface area contributed by atoms with Gasteiger partial charge in [-0.25, -0.2) is 0 Å². The van der Waals surface area contributed by atoms with E-state index >= 15 is 0 Å². The standard InChI is InChI=1S/C14H12Cl2N2O.C10H14Cl6N4O2/c1-19-18-14(7-10-3-2-6-17-9-10)12-5-4-11(15)8-13(12)16;11-9(12,13)7(17-5-21)19-1-2-20(4-3-19)8(18-6-22)10(14,15)16/h2-6,8-9H,7H2,1H3;5-8H,1-4H2,(H,17,21)(H,18,22). The largest absolute Gasteiger partial charge is 0.399 e. The molecule has 2 atom stereocenters. The van der Waals surface area contributed by atoms with Gasteiger partial charge < -0.3 is 15.5 Å². The Hall–Kier alpha value is -0.980. The van der Waals surface area contributed by atoms with Crippen LogP contribution in [-0.2, 0) is 20.8 Å². The lowest BCUT2D eigenvalue weighted by molar-refractivity contribution is -0.113. The summed E-state index contributed by atoms with van der Waals surface area (Å²) in [4.78, 5) is 33.9. The summed E-state index contributed by atoms with van der Waals surface area (Å²) in [6.45, 7) is 1.77. The molecule has 0 spiro atoms. The molecule has 0 radical (unpaired) electrons. The maximum Gasteiger partial charge on any atom is 0.223 e. The van der Waals surface area contributed by atoms with Crippen LogP contribution in [0.2, 0.25) is 10.0 Å². The molecule has 0 aliphatic carbocycles. The van der Waals surface area contributed by atoms with Crippen LogP contribution < -0.4 is 10.6 Å². The Kier molecular flexibility index (Phi) is 15.3. The monoisotopic (exact) mass is 726 g/mol. The molecule has 2 heterocycles. The van der Waals surface area contributed by atoms with Gasteiger partial charge in [0, 0.05) is 55.6 Å². The van der Waals surface area contributed by atoms with Crippen LogP contribution in [0.15, 0.2) is 47.9 Å². The van der Waals surface area contributed by atoms with Gasteiger partial charge in [0.05, 0.1) is 10.7 Å². The van der Waals surface area contributed by atoms with Crippen molar-refractivity contribution in [3.63, 3.8) is 0 Å². The summed E-state index contributed by atoms with van der Waals surface area (Å²) in [6.07, 6.45) is 3.49. The first-order valence-electron chi connectivity index (χ1n) is 11.8. The molecular formula is C24H26Cl8N6O3. The number of hydrogen-bond acceptors (Lipinski definition) is 7. The summed E-state index contributed by atoms with van der Waals surface area (Å²) >= 11 is 47.3. The molecular weight excluding hydrogens is 704 g/mol. The highest BCUT2D eigenvalue weighted by atomic mass is 35.6. The topological polar surface area (TPSA) is 99.2 Å². The Morgan fingerprint density at radius 3 is 1.90 bits per heavy atom. The van der Waals surface area contributed by atoms with E-state index in [-0.39, 0.29) is 0 Å².